The molecule has 1 aliphatic heterocycles. The van der Waals surface area contributed by atoms with Crippen molar-refractivity contribution in [2.75, 3.05) is 31.6 Å². The van der Waals surface area contributed by atoms with Crippen molar-refractivity contribution in [2.45, 2.75) is 32.7 Å². The number of para-hydroxylation sites is 1. The molecule has 1 heterocycles. The lowest BCUT2D eigenvalue weighted by molar-refractivity contribution is 0.0713. The van der Waals surface area contributed by atoms with Gasteiger partial charge in [-0.05, 0) is 62.6 Å². The number of benzene rings is 2. The molecule has 0 spiro atoms. The first-order chi connectivity index (χ1) is 12.6. The molecule has 2 aromatic carbocycles. The number of carbonyl (C=O) groups excluding carboxylic acids is 1. The highest BCUT2D eigenvalue weighted by Gasteiger charge is 2.26. The van der Waals surface area contributed by atoms with Crippen LogP contribution < -0.4 is 9.64 Å². The summed E-state index contributed by atoms with van der Waals surface area (Å²) in [5, 5.41) is 0. The number of aryl methyl sites for hydroxylation is 1. The van der Waals surface area contributed by atoms with E-state index in [1.54, 1.807) is 0 Å². The Labute approximate surface area is 156 Å². The Morgan fingerprint density at radius 3 is 2.46 bits per heavy atom. The van der Waals surface area contributed by atoms with Crippen LogP contribution in [0.1, 0.15) is 35.7 Å². The number of piperidine rings is 1. The first-order valence-electron chi connectivity index (χ1n) is 9.40. The Kier molecular flexibility index (Phi) is 5.82. The summed E-state index contributed by atoms with van der Waals surface area (Å²) in [6.07, 6.45) is 1.99. The molecule has 1 saturated heterocycles. The van der Waals surface area contributed by atoms with E-state index in [1.807, 2.05) is 43.0 Å². The summed E-state index contributed by atoms with van der Waals surface area (Å²) in [7, 11) is 2.15. The van der Waals surface area contributed by atoms with Crippen LogP contribution in [0.4, 0.5) is 5.69 Å². The Balaban J connectivity index is 1.61. The van der Waals surface area contributed by atoms with Gasteiger partial charge in [0.15, 0.2) is 0 Å². The number of anilines is 1. The Morgan fingerprint density at radius 2 is 1.85 bits per heavy atom. The molecule has 2 aromatic rings. The number of nitrogens with zero attached hydrogens (tertiary/aromatic N) is 2. The van der Waals surface area contributed by atoms with E-state index in [1.165, 1.54) is 5.69 Å². The predicted molar refractivity (Wildman–Crippen MR) is 106 cm³/mol. The quantitative estimate of drug-likeness (QED) is 0.811. The van der Waals surface area contributed by atoms with Gasteiger partial charge in [0, 0.05) is 37.4 Å². The maximum atomic E-state index is 12.8. The lowest BCUT2D eigenvalue weighted by atomic mass is 10.0. The third kappa shape index (κ3) is 4.01. The molecule has 138 valence electrons. The van der Waals surface area contributed by atoms with E-state index in [9.17, 15) is 4.79 Å². The highest BCUT2D eigenvalue weighted by atomic mass is 16.5. The number of ether oxygens (including phenoxy) is 1. The standard InChI is InChI=1S/C22H28N2O2/c1-4-26-21-11-10-18(16-17(21)2)22(25)24-14-12-20(13-15-24)23(3)19-8-6-5-7-9-19/h5-11,16,20H,4,12-15H2,1-3H3. The fraction of sp³-hybridized carbons (Fsp3) is 0.409. The predicted octanol–water partition coefficient (Wildman–Crippen LogP) is 4.13. The SMILES string of the molecule is CCOc1ccc(C(=O)N2CCC(N(C)c3ccccc3)CC2)cc1C. The largest absolute Gasteiger partial charge is 0.494 e. The number of carbonyl (C=O) groups is 1. The molecule has 0 aromatic heterocycles. The maximum absolute atomic E-state index is 12.8. The summed E-state index contributed by atoms with van der Waals surface area (Å²) in [6.45, 7) is 6.19. The van der Waals surface area contributed by atoms with Crippen LogP contribution in [0.3, 0.4) is 0 Å². The molecule has 0 radical (unpaired) electrons. The molecule has 4 nitrogen and oxygen atoms in total. The summed E-state index contributed by atoms with van der Waals surface area (Å²) in [5.41, 5.74) is 3.00. The Hall–Kier alpha value is -2.49. The summed E-state index contributed by atoms with van der Waals surface area (Å²) in [4.78, 5) is 17.2. The van der Waals surface area contributed by atoms with Gasteiger partial charge in [0.2, 0.25) is 0 Å². The van der Waals surface area contributed by atoms with E-state index in [0.717, 1.165) is 42.8 Å². The topological polar surface area (TPSA) is 32.8 Å². The van der Waals surface area contributed by atoms with Crippen LogP contribution in [-0.4, -0.2) is 43.6 Å². The molecule has 3 rings (SSSR count). The molecule has 0 saturated carbocycles. The third-order valence-corrected chi connectivity index (χ3v) is 5.18. The second kappa shape index (κ2) is 8.26. The zero-order valence-corrected chi connectivity index (χ0v) is 15.9. The molecule has 1 amide bonds. The van der Waals surface area contributed by atoms with E-state index >= 15 is 0 Å². The average Bonchev–Trinajstić information content (AvgIpc) is 2.69. The van der Waals surface area contributed by atoms with E-state index in [4.69, 9.17) is 4.74 Å². The van der Waals surface area contributed by atoms with Crippen LogP contribution >= 0.6 is 0 Å². The number of hydrogen-bond acceptors (Lipinski definition) is 3. The first-order valence-corrected chi connectivity index (χ1v) is 9.40. The molecule has 0 unspecified atom stereocenters. The van der Waals surface area contributed by atoms with Crippen molar-refractivity contribution in [3.63, 3.8) is 0 Å². The van der Waals surface area contributed by atoms with Gasteiger partial charge in [-0.25, -0.2) is 0 Å². The number of amides is 1. The first kappa shape index (κ1) is 18.3. The third-order valence-electron chi connectivity index (χ3n) is 5.18. The lowest BCUT2D eigenvalue weighted by Crippen LogP contribution is -2.45. The number of likely N-dealkylation sites (tertiary alicyclic amines) is 1. The van der Waals surface area contributed by atoms with Crippen molar-refractivity contribution in [1.82, 2.24) is 4.90 Å². The average molecular weight is 352 g/mol. The van der Waals surface area contributed by atoms with Crippen LogP contribution in [0.15, 0.2) is 48.5 Å². The number of rotatable bonds is 5. The molecular weight excluding hydrogens is 324 g/mol. The van der Waals surface area contributed by atoms with Gasteiger partial charge in [-0.2, -0.15) is 0 Å². The van der Waals surface area contributed by atoms with Gasteiger partial charge in [0.25, 0.3) is 5.91 Å². The molecule has 0 aliphatic carbocycles. The van der Waals surface area contributed by atoms with Gasteiger partial charge in [0.05, 0.1) is 6.61 Å². The molecule has 0 N–H and O–H groups in total. The zero-order chi connectivity index (χ0) is 18.5. The second-order valence-electron chi connectivity index (χ2n) is 6.88. The summed E-state index contributed by atoms with van der Waals surface area (Å²) < 4.78 is 5.57. The van der Waals surface area contributed by atoms with Crippen molar-refractivity contribution in [3.05, 3.63) is 59.7 Å². The van der Waals surface area contributed by atoms with Crippen LogP contribution in [0.5, 0.6) is 5.75 Å². The minimum Gasteiger partial charge on any atom is -0.494 e. The minimum absolute atomic E-state index is 0.122. The monoisotopic (exact) mass is 352 g/mol. The van der Waals surface area contributed by atoms with E-state index in [2.05, 4.69) is 36.2 Å². The van der Waals surface area contributed by atoms with Crippen molar-refractivity contribution in [3.8, 4) is 5.75 Å². The van der Waals surface area contributed by atoms with Gasteiger partial charge < -0.3 is 14.5 Å². The van der Waals surface area contributed by atoms with Gasteiger partial charge in [-0.1, -0.05) is 18.2 Å². The van der Waals surface area contributed by atoms with E-state index in [0.29, 0.717) is 12.6 Å². The highest BCUT2D eigenvalue weighted by Crippen LogP contribution is 2.24. The summed E-state index contributed by atoms with van der Waals surface area (Å²) in [5.74, 6) is 0.976. The molecule has 1 aliphatic rings. The summed E-state index contributed by atoms with van der Waals surface area (Å²) >= 11 is 0. The summed E-state index contributed by atoms with van der Waals surface area (Å²) in [6, 6.07) is 16.7. The van der Waals surface area contributed by atoms with E-state index < -0.39 is 0 Å². The molecule has 4 heteroatoms. The molecular formula is C22H28N2O2. The zero-order valence-electron chi connectivity index (χ0n) is 15.9. The maximum Gasteiger partial charge on any atom is 0.253 e. The molecule has 1 fully saturated rings. The Morgan fingerprint density at radius 1 is 1.15 bits per heavy atom. The highest BCUT2D eigenvalue weighted by molar-refractivity contribution is 5.94. The van der Waals surface area contributed by atoms with Crippen molar-refractivity contribution >= 4 is 11.6 Å². The van der Waals surface area contributed by atoms with Crippen LogP contribution in [0.25, 0.3) is 0 Å². The second-order valence-corrected chi connectivity index (χ2v) is 6.88. The van der Waals surface area contributed by atoms with Crippen molar-refractivity contribution < 1.29 is 9.53 Å². The van der Waals surface area contributed by atoms with Crippen LogP contribution in [-0.2, 0) is 0 Å². The van der Waals surface area contributed by atoms with Crippen molar-refractivity contribution in [1.29, 1.82) is 0 Å². The Bertz CT molecular complexity index is 737. The lowest BCUT2D eigenvalue weighted by Gasteiger charge is -2.38. The minimum atomic E-state index is 0.122. The smallest absolute Gasteiger partial charge is 0.253 e. The fourth-order valence-corrected chi connectivity index (χ4v) is 3.61. The fourth-order valence-electron chi connectivity index (χ4n) is 3.61. The molecule has 26 heavy (non-hydrogen) atoms. The molecule has 0 bridgehead atoms. The van der Waals surface area contributed by atoms with Gasteiger partial charge in [-0.15, -0.1) is 0 Å². The van der Waals surface area contributed by atoms with Gasteiger partial charge >= 0.3 is 0 Å². The van der Waals surface area contributed by atoms with E-state index in [-0.39, 0.29) is 5.91 Å². The van der Waals surface area contributed by atoms with Gasteiger partial charge in [0.1, 0.15) is 5.75 Å². The van der Waals surface area contributed by atoms with Crippen molar-refractivity contribution in [2.24, 2.45) is 0 Å². The van der Waals surface area contributed by atoms with Crippen LogP contribution in [0, 0.1) is 6.92 Å². The molecule has 0 atom stereocenters. The number of hydrogen-bond donors (Lipinski definition) is 0. The normalized spacial score (nSPS) is 15.0. The van der Waals surface area contributed by atoms with Crippen LogP contribution in [0.2, 0.25) is 0 Å². The van der Waals surface area contributed by atoms with Gasteiger partial charge in [-0.3, -0.25) is 4.79 Å².